The van der Waals surface area contributed by atoms with Crippen LogP contribution in [0.1, 0.15) is 17.2 Å². The maximum atomic E-state index is 12.1. The fourth-order valence-electron chi connectivity index (χ4n) is 3.25. The van der Waals surface area contributed by atoms with E-state index < -0.39 is 6.10 Å². The Morgan fingerprint density at radius 2 is 2.08 bits per heavy atom. The average Bonchev–Trinajstić information content (AvgIpc) is 3.25. The average molecular weight is 355 g/mol. The second-order valence-electron chi connectivity index (χ2n) is 6.48. The molecule has 0 aromatic heterocycles. The first kappa shape index (κ1) is 16.5. The number of hydrogen-bond acceptors (Lipinski definition) is 5. The van der Waals surface area contributed by atoms with E-state index in [0.29, 0.717) is 17.2 Å². The van der Waals surface area contributed by atoms with E-state index in [2.05, 4.69) is 22.6 Å². The van der Waals surface area contributed by atoms with Crippen molar-refractivity contribution in [2.24, 2.45) is 0 Å². The van der Waals surface area contributed by atoms with Crippen LogP contribution in [0.15, 0.2) is 36.4 Å². The number of likely N-dealkylation sites (N-methyl/N-ethyl adjacent to an activating group) is 1. The number of nitrogens with one attached hydrogen (secondary N) is 2. The molecule has 0 spiro atoms. The summed E-state index contributed by atoms with van der Waals surface area (Å²) in [6.45, 7) is 1.31. The molecule has 2 aromatic rings. The van der Waals surface area contributed by atoms with Crippen LogP contribution in [0.25, 0.3) is 0 Å². The van der Waals surface area contributed by atoms with Gasteiger partial charge in [-0.15, -0.1) is 0 Å². The Hall–Kier alpha value is -2.93. The van der Waals surface area contributed by atoms with Crippen molar-refractivity contribution in [3.63, 3.8) is 0 Å². The number of aliphatic hydroxyl groups excluding tert-OH is 1. The lowest BCUT2D eigenvalue weighted by atomic mass is 10.0. The highest BCUT2D eigenvalue weighted by Gasteiger charge is 2.18. The zero-order valence-electron chi connectivity index (χ0n) is 14.5. The molecule has 0 bridgehead atoms. The Morgan fingerprint density at radius 1 is 1.23 bits per heavy atom. The number of rotatable bonds is 4. The van der Waals surface area contributed by atoms with Gasteiger partial charge in [-0.25, -0.2) is 4.79 Å². The van der Waals surface area contributed by atoms with Crippen LogP contribution in [0.4, 0.5) is 16.2 Å². The molecule has 1 atom stereocenters. The van der Waals surface area contributed by atoms with Crippen molar-refractivity contribution < 1.29 is 19.4 Å². The van der Waals surface area contributed by atoms with Crippen molar-refractivity contribution in [1.29, 1.82) is 0 Å². The number of carbonyl (C=O) groups excluding carboxylic acids is 1. The summed E-state index contributed by atoms with van der Waals surface area (Å²) in [6.07, 6.45) is 0.221. The van der Waals surface area contributed by atoms with Crippen LogP contribution in [-0.4, -0.2) is 38.1 Å². The molecule has 7 heteroatoms. The summed E-state index contributed by atoms with van der Waals surface area (Å²) in [5.41, 5.74) is 3.84. The van der Waals surface area contributed by atoms with Gasteiger partial charge in [0.1, 0.15) is 0 Å². The molecule has 0 unspecified atom stereocenters. The van der Waals surface area contributed by atoms with Gasteiger partial charge in [0.25, 0.3) is 0 Å². The summed E-state index contributed by atoms with van der Waals surface area (Å²) in [6, 6.07) is 10.7. The van der Waals surface area contributed by atoms with Gasteiger partial charge in [-0.1, -0.05) is 12.1 Å². The predicted molar refractivity (Wildman–Crippen MR) is 98.0 cm³/mol. The second kappa shape index (κ2) is 6.76. The molecule has 0 radical (unpaired) electrons. The van der Waals surface area contributed by atoms with Crippen LogP contribution in [0.2, 0.25) is 0 Å². The molecule has 2 heterocycles. The largest absolute Gasteiger partial charge is 0.454 e. The third kappa shape index (κ3) is 3.25. The van der Waals surface area contributed by atoms with Gasteiger partial charge in [-0.2, -0.15) is 0 Å². The number of amides is 2. The van der Waals surface area contributed by atoms with Crippen LogP contribution < -0.4 is 25.0 Å². The monoisotopic (exact) mass is 355 g/mol. The van der Waals surface area contributed by atoms with Crippen LogP contribution >= 0.6 is 0 Å². The van der Waals surface area contributed by atoms with Crippen molar-refractivity contribution >= 4 is 17.4 Å². The minimum atomic E-state index is -0.756. The third-order valence-corrected chi connectivity index (χ3v) is 4.70. The Kier molecular flexibility index (Phi) is 4.30. The van der Waals surface area contributed by atoms with Crippen molar-refractivity contribution in [3.8, 4) is 11.5 Å². The molecule has 2 aliphatic rings. The van der Waals surface area contributed by atoms with Crippen molar-refractivity contribution in [2.75, 3.05) is 37.1 Å². The molecule has 0 saturated carbocycles. The number of carbonyl (C=O) groups is 1. The molecule has 2 amide bonds. The SMILES string of the molecule is CN1CCc2cc([C@@H](O)CNC(=O)Nc3ccc4c(c3)OCO4)ccc21. The quantitative estimate of drug-likeness (QED) is 0.784. The lowest BCUT2D eigenvalue weighted by molar-refractivity contribution is 0.174. The van der Waals surface area contributed by atoms with E-state index in [1.54, 1.807) is 18.2 Å². The molecule has 26 heavy (non-hydrogen) atoms. The van der Waals surface area contributed by atoms with Gasteiger partial charge in [0.2, 0.25) is 6.79 Å². The van der Waals surface area contributed by atoms with Crippen LogP contribution in [0.5, 0.6) is 11.5 Å². The number of nitrogens with zero attached hydrogens (tertiary/aromatic N) is 1. The lowest BCUT2D eigenvalue weighted by Crippen LogP contribution is -2.32. The minimum Gasteiger partial charge on any atom is -0.454 e. The molecular formula is C19H21N3O4. The summed E-state index contributed by atoms with van der Waals surface area (Å²) in [4.78, 5) is 14.3. The molecule has 2 aromatic carbocycles. The van der Waals surface area contributed by atoms with E-state index in [9.17, 15) is 9.90 Å². The molecule has 4 rings (SSSR count). The molecule has 7 nitrogen and oxygen atoms in total. The first-order valence-corrected chi connectivity index (χ1v) is 8.57. The maximum Gasteiger partial charge on any atom is 0.319 e. The molecule has 0 aliphatic carbocycles. The van der Waals surface area contributed by atoms with Gasteiger partial charge in [0.15, 0.2) is 11.5 Å². The summed E-state index contributed by atoms with van der Waals surface area (Å²) >= 11 is 0. The van der Waals surface area contributed by atoms with E-state index >= 15 is 0 Å². The predicted octanol–water partition coefficient (Wildman–Crippen LogP) is 2.26. The third-order valence-electron chi connectivity index (χ3n) is 4.70. The van der Waals surface area contributed by atoms with E-state index in [-0.39, 0.29) is 19.4 Å². The summed E-state index contributed by atoms with van der Waals surface area (Å²) in [7, 11) is 2.06. The number of ether oxygens (including phenoxy) is 2. The topological polar surface area (TPSA) is 83.1 Å². The Labute approximate surface area is 151 Å². The van der Waals surface area contributed by atoms with Gasteiger partial charge in [-0.05, 0) is 35.7 Å². The zero-order chi connectivity index (χ0) is 18.1. The van der Waals surface area contributed by atoms with Gasteiger partial charge in [0, 0.05) is 37.6 Å². The molecule has 2 aliphatic heterocycles. The standard InChI is InChI=1S/C19H21N3O4/c1-22-7-6-12-8-13(2-4-15(12)22)16(23)10-20-19(24)21-14-3-5-17-18(9-14)26-11-25-17/h2-5,8-9,16,23H,6-7,10-11H2,1H3,(H2,20,21,24)/t16-/m0/s1. The normalized spacial score (nSPS) is 15.5. The number of benzene rings is 2. The summed E-state index contributed by atoms with van der Waals surface area (Å²) in [5, 5.41) is 15.8. The number of urea groups is 1. The Morgan fingerprint density at radius 3 is 2.96 bits per heavy atom. The fraction of sp³-hybridized carbons (Fsp3) is 0.316. The van der Waals surface area contributed by atoms with Crippen molar-refractivity contribution in [1.82, 2.24) is 5.32 Å². The first-order valence-electron chi connectivity index (χ1n) is 8.57. The highest BCUT2D eigenvalue weighted by Crippen LogP contribution is 2.34. The minimum absolute atomic E-state index is 0.130. The van der Waals surface area contributed by atoms with Crippen molar-refractivity contribution in [2.45, 2.75) is 12.5 Å². The van der Waals surface area contributed by atoms with Gasteiger partial charge in [0.05, 0.1) is 6.10 Å². The molecule has 136 valence electrons. The fourth-order valence-corrected chi connectivity index (χ4v) is 3.25. The maximum absolute atomic E-state index is 12.1. The van der Waals surface area contributed by atoms with E-state index in [1.807, 2.05) is 18.2 Å². The molecule has 0 fully saturated rings. The van der Waals surface area contributed by atoms with Crippen LogP contribution in [0, 0.1) is 0 Å². The molecule has 0 saturated heterocycles. The molecule has 3 N–H and O–H groups in total. The van der Waals surface area contributed by atoms with Gasteiger partial charge in [-0.3, -0.25) is 0 Å². The Bertz CT molecular complexity index is 840. The van der Waals surface area contributed by atoms with E-state index in [1.165, 1.54) is 11.3 Å². The van der Waals surface area contributed by atoms with Crippen LogP contribution in [-0.2, 0) is 6.42 Å². The number of anilines is 2. The second-order valence-corrected chi connectivity index (χ2v) is 6.48. The van der Waals surface area contributed by atoms with Gasteiger partial charge >= 0.3 is 6.03 Å². The number of aliphatic hydroxyl groups is 1. The summed E-state index contributed by atoms with van der Waals surface area (Å²) in [5.74, 6) is 1.26. The number of fused-ring (bicyclic) bond motifs is 2. The smallest absolute Gasteiger partial charge is 0.319 e. The van der Waals surface area contributed by atoms with Crippen molar-refractivity contribution in [3.05, 3.63) is 47.5 Å². The number of hydrogen-bond donors (Lipinski definition) is 3. The van der Waals surface area contributed by atoms with Gasteiger partial charge < -0.3 is 30.1 Å². The molecular weight excluding hydrogens is 334 g/mol. The highest BCUT2D eigenvalue weighted by atomic mass is 16.7. The van der Waals surface area contributed by atoms with Crippen LogP contribution in [0.3, 0.4) is 0 Å². The Balaban J connectivity index is 1.33. The zero-order valence-corrected chi connectivity index (χ0v) is 14.5. The summed E-state index contributed by atoms with van der Waals surface area (Å²) < 4.78 is 10.5. The van der Waals surface area contributed by atoms with E-state index in [4.69, 9.17) is 9.47 Å². The first-order chi connectivity index (χ1) is 12.6. The highest BCUT2D eigenvalue weighted by molar-refractivity contribution is 5.89. The van der Waals surface area contributed by atoms with E-state index in [0.717, 1.165) is 18.5 Å². The lowest BCUT2D eigenvalue weighted by Gasteiger charge is -2.16.